The van der Waals surface area contributed by atoms with Gasteiger partial charge in [0, 0.05) is 38.6 Å². The first kappa shape index (κ1) is 16.4. The maximum atomic E-state index is 12.2. The van der Waals surface area contributed by atoms with E-state index in [0.29, 0.717) is 13.1 Å². The van der Waals surface area contributed by atoms with E-state index in [1.54, 1.807) is 6.08 Å². The van der Waals surface area contributed by atoms with Crippen LogP contribution in [0.1, 0.15) is 31.1 Å². The Morgan fingerprint density at radius 1 is 1.08 bits per heavy atom. The van der Waals surface area contributed by atoms with E-state index < -0.39 is 0 Å². The van der Waals surface area contributed by atoms with Gasteiger partial charge in [-0.05, 0) is 25.8 Å². The van der Waals surface area contributed by atoms with Crippen molar-refractivity contribution >= 4 is 5.91 Å². The first-order valence-corrected chi connectivity index (χ1v) is 8.52. The number of aromatic nitrogens is 3. The number of aryl methyl sites for hydroxylation is 2. The zero-order valence-corrected chi connectivity index (χ0v) is 14.4. The Kier molecular flexibility index (Phi) is 5.08. The molecule has 0 spiro atoms. The predicted molar refractivity (Wildman–Crippen MR) is 93.6 cm³/mol. The van der Waals surface area contributed by atoms with Crippen LogP contribution in [-0.2, 0) is 30.6 Å². The van der Waals surface area contributed by atoms with Gasteiger partial charge in [-0.15, -0.1) is 10.2 Å². The molecule has 5 nitrogen and oxygen atoms in total. The largest absolute Gasteiger partial charge is 0.337 e. The SMILES string of the molecule is CC(C)=CC(=O)N1CCc2nnc(CCc3ccccc3)n2CC1. The van der Waals surface area contributed by atoms with Crippen molar-refractivity contribution in [2.75, 3.05) is 13.1 Å². The number of amides is 1. The van der Waals surface area contributed by atoms with Crippen molar-refractivity contribution in [2.24, 2.45) is 0 Å². The van der Waals surface area contributed by atoms with Crippen LogP contribution in [0.5, 0.6) is 0 Å². The fraction of sp³-hybridized carbons (Fsp3) is 0.421. The molecule has 1 aliphatic heterocycles. The molecule has 5 heteroatoms. The van der Waals surface area contributed by atoms with Crippen LogP contribution >= 0.6 is 0 Å². The lowest BCUT2D eigenvalue weighted by molar-refractivity contribution is -0.126. The molecular weight excluding hydrogens is 300 g/mol. The van der Waals surface area contributed by atoms with Gasteiger partial charge in [0.1, 0.15) is 11.6 Å². The van der Waals surface area contributed by atoms with Crippen LogP contribution in [0.4, 0.5) is 0 Å². The van der Waals surface area contributed by atoms with Crippen LogP contribution in [0.3, 0.4) is 0 Å². The second-order valence-corrected chi connectivity index (χ2v) is 6.47. The standard InChI is InChI=1S/C19H24N4O/c1-15(2)14-19(24)22-11-10-18-21-20-17(23(18)13-12-22)9-8-16-6-4-3-5-7-16/h3-7,14H,8-13H2,1-2H3. The Balaban J connectivity index is 1.66. The molecule has 0 fully saturated rings. The van der Waals surface area contributed by atoms with Gasteiger partial charge in [-0.1, -0.05) is 35.9 Å². The number of fused-ring (bicyclic) bond motifs is 1. The Labute approximate surface area is 143 Å². The number of hydrogen-bond acceptors (Lipinski definition) is 3. The number of benzene rings is 1. The van der Waals surface area contributed by atoms with E-state index in [0.717, 1.165) is 43.0 Å². The number of hydrogen-bond donors (Lipinski definition) is 0. The van der Waals surface area contributed by atoms with Crippen molar-refractivity contribution in [1.29, 1.82) is 0 Å². The molecule has 0 bridgehead atoms. The minimum absolute atomic E-state index is 0.0968. The Morgan fingerprint density at radius 3 is 2.62 bits per heavy atom. The highest BCUT2D eigenvalue weighted by Gasteiger charge is 2.20. The Morgan fingerprint density at radius 2 is 1.88 bits per heavy atom. The molecule has 0 atom stereocenters. The lowest BCUT2D eigenvalue weighted by atomic mass is 10.1. The lowest BCUT2D eigenvalue weighted by Gasteiger charge is -2.18. The summed E-state index contributed by atoms with van der Waals surface area (Å²) in [6.45, 7) is 6.10. The number of rotatable bonds is 4. The first-order valence-electron chi connectivity index (χ1n) is 8.52. The number of carbonyl (C=O) groups excluding carboxylic acids is 1. The van der Waals surface area contributed by atoms with E-state index in [1.807, 2.05) is 24.8 Å². The molecule has 24 heavy (non-hydrogen) atoms. The first-order chi connectivity index (χ1) is 11.6. The van der Waals surface area contributed by atoms with Crippen molar-refractivity contribution in [2.45, 2.75) is 39.7 Å². The minimum Gasteiger partial charge on any atom is -0.337 e. The molecule has 0 unspecified atom stereocenters. The average Bonchev–Trinajstić information content (AvgIpc) is 2.82. The maximum absolute atomic E-state index is 12.2. The number of nitrogens with zero attached hydrogens (tertiary/aromatic N) is 4. The lowest BCUT2D eigenvalue weighted by Crippen LogP contribution is -2.32. The highest BCUT2D eigenvalue weighted by Crippen LogP contribution is 2.13. The van der Waals surface area contributed by atoms with Crippen molar-refractivity contribution in [1.82, 2.24) is 19.7 Å². The van der Waals surface area contributed by atoms with Crippen molar-refractivity contribution in [3.05, 3.63) is 59.2 Å². The van der Waals surface area contributed by atoms with Crippen LogP contribution in [0, 0.1) is 0 Å². The van der Waals surface area contributed by atoms with Crippen LogP contribution < -0.4 is 0 Å². The molecule has 0 radical (unpaired) electrons. The maximum Gasteiger partial charge on any atom is 0.246 e. The number of carbonyl (C=O) groups is 1. The molecule has 1 amide bonds. The summed E-state index contributed by atoms with van der Waals surface area (Å²) < 4.78 is 2.19. The summed E-state index contributed by atoms with van der Waals surface area (Å²) >= 11 is 0. The molecule has 126 valence electrons. The molecule has 1 aromatic carbocycles. The van der Waals surface area contributed by atoms with Crippen molar-refractivity contribution in [3.8, 4) is 0 Å². The molecule has 0 saturated heterocycles. The molecule has 2 heterocycles. The van der Waals surface area contributed by atoms with E-state index in [-0.39, 0.29) is 5.91 Å². The van der Waals surface area contributed by atoms with Gasteiger partial charge in [-0.3, -0.25) is 4.79 Å². The topological polar surface area (TPSA) is 51.0 Å². The summed E-state index contributed by atoms with van der Waals surface area (Å²) in [5.74, 6) is 2.11. The third-order valence-corrected chi connectivity index (χ3v) is 4.31. The van der Waals surface area contributed by atoms with Crippen LogP contribution in [0.2, 0.25) is 0 Å². The highest BCUT2D eigenvalue weighted by atomic mass is 16.2. The van der Waals surface area contributed by atoms with E-state index >= 15 is 0 Å². The van der Waals surface area contributed by atoms with Gasteiger partial charge >= 0.3 is 0 Å². The monoisotopic (exact) mass is 324 g/mol. The van der Waals surface area contributed by atoms with Crippen LogP contribution in [-0.4, -0.2) is 38.7 Å². The van der Waals surface area contributed by atoms with Crippen LogP contribution in [0.25, 0.3) is 0 Å². The summed E-state index contributed by atoms with van der Waals surface area (Å²) in [6, 6.07) is 10.4. The quantitative estimate of drug-likeness (QED) is 0.812. The molecule has 0 N–H and O–H groups in total. The number of allylic oxidation sites excluding steroid dienone is 1. The summed E-state index contributed by atoms with van der Waals surface area (Å²) in [5, 5.41) is 8.71. The van der Waals surface area contributed by atoms with Gasteiger partial charge in [0.05, 0.1) is 0 Å². The molecule has 1 aliphatic rings. The Hall–Kier alpha value is -2.43. The smallest absolute Gasteiger partial charge is 0.246 e. The Bertz CT molecular complexity index is 729. The van der Waals surface area contributed by atoms with Gasteiger partial charge in [-0.2, -0.15) is 0 Å². The molecule has 2 aromatic rings. The molecule has 1 aromatic heterocycles. The van der Waals surface area contributed by atoms with Crippen LogP contribution in [0.15, 0.2) is 42.0 Å². The fourth-order valence-corrected chi connectivity index (χ4v) is 3.03. The molecule has 3 rings (SSSR count). The third kappa shape index (κ3) is 3.91. The zero-order valence-electron chi connectivity index (χ0n) is 14.4. The third-order valence-electron chi connectivity index (χ3n) is 4.31. The molecule has 0 aliphatic carbocycles. The average molecular weight is 324 g/mol. The predicted octanol–water partition coefficient (Wildman–Crippen LogP) is 2.41. The van der Waals surface area contributed by atoms with Gasteiger partial charge in [0.2, 0.25) is 5.91 Å². The van der Waals surface area contributed by atoms with Gasteiger partial charge in [-0.25, -0.2) is 0 Å². The van der Waals surface area contributed by atoms with E-state index in [1.165, 1.54) is 5.56 Å². The molecular formula is C19H24N4O. The molecule has 0 saturated carbocycles. The van der Waals surface area contributed by atoms with Gasteiger partial charge < -0.3 is 9.47 Å². The van der Waals surface area contributed by atoms with Crippen molar-refractivity contribution in [3.63, 3.8) is 0 Å². The van der Waals surface area contributed by atoms with E-state index in [9.17, 15) is 4.79 Å². The summed E-state index contributed by atoms with van der Waals surface area (Å²) in [4.78, 5) is 14.1. The normalized spacial score (nSPS) is 14.0. The highest BCUT2D eigenvalue weighted by molar-refractivity contribution is 5.88. The summed E-state index contributed by atoms with van der Waals surface area (Å²) in [5.41, 5.74) is 2.34. The fourth-order valence-electron chi connectivity index (χ4n) is 3.03. The van der Waals surface area contributed by atoms with E-state index in [4.69, 9.17) is 0 Å². The van der Waals surface area contributed by atoms with Gasteiger partial charge in [0.15, 0.2) is 0 Å². The second kappa shape index (κ2) is 7.43. The van der Waals surface area contributed by atoms with E-state index in [2.05, 4.69) is 39.0 Å². The minimum atomic E-state index is 0.0968. The summed E-state index contributed by atoms with van der Waals surface area (Å²) in [6.07, 6.45) is 4.31. The van der Waals surface area contributed by atoms with Crippen molar-refractivity contribution < 1.29 is 4.79 Å². The zero-order chi connectivity index (χ0) is 16.9. The second-order valence-electron chi connectivity index (χ2n) is 6.47. The van der Waals surface area contributed by atoms with Gasteiger partial charge in [0.25, 0.3) is 0 Å². The summed E-state index contributed by atoms with van der Waals surface area (Å²) in [7, 11) is 0.